The molecule has 188 valence electrons. The van der Waals surface area contributed by atoms with Crippen LogP contribution in [0.25, 0.3) is 56.1 Å². The monoisotopic (exact) mass is 520 g/mol. The van der Waals surface area contributed by atoms with Crippen molar-refractivity contribution >= 4 is 45.1 Å². The first-order valence-corrected chi connectivity index (χ1v) is 13.7. The summed E-state index contributed by atoms with van der Waals surface area (Å²) < 4.78 is 0. The highest BCUT2D eigenvalue weighted by molar-refractivity contribution is 7.08. The van der Waals surface area contributed by atoms with Gasteiger partial charge in [-0.1, -0.05) is 19.3 Å². The number of anilines is 1. The van der Waals surface area contributed by atoms with Crippen molar-refractivity contribution in [2.45, 2.75) is 32.1 Å². The minimum absolute atomic E-state index is 0.0736. The SMILES string of the molecule is O=C(Nc1cncc(-c2ccc3[nH]nc(-c4nc5c(-c6ccsc6)ccnc5[nH]4)c3n2)c1)C1CCCCC1. The molecule has 0 radical (unpaired) electrons. The van der Waals surface area contributed by atoms with Crippen LogP contribution in [0.2, 0.25) is 0 Å². The normalized spacial score (nSPS) is 14.3. The summed E-state index contributed by atoms with van der Waals surface area (Å²) in [6.07, 6.45) is 10.6. The van der Waals surface area contributed by atoms with Gasteiger partial charge < -0.3 is 10.3 Å². The van der Waals surface area contributed by atoms with Gasteiger partial charge in [-0.15, -0.1) is 0 Å². The van der Waals surface area contributed by atoms with Crippen molar-refractivity contribution in [3.63, 3.8) is 0 Å². The average molecular weight is 521 g/mol. The molecule has 10 heteroatoms. The predicted molar refractivity (Wildman–Crippen MR) is 149 cm³/mol. The number of carbonyl (C=O) groups is 1. The lowest BCUT2D eigenvalue weighted by Crippen LogP contribution is -2.24. The lowest BCUT2D eigenvalue weighted by molar-refractivity contribution is -0.120. The zero-order valence-corrected chi connectivity index (χ0v) is 21.3. The van der Waals surface area contributed by atoms with Gasteiger partial charge in [0.2, 0.25) is 5.91 Å². The molecule has 1 saturated carbocycles. The molecule has 38 heavy (non-hydrogen) atoms. The molecular weight excluding hydrogens is 496 g/mol. The molecule has 6 heterocycles. The molecular formula is C28H24N8OS. The summed E-state index contributed by atoms with van der Waals surface area (Å²) in [7, 11) is 0. The zero-order chi connectivity index (χ0) is 25.5. The first-order valence-electron chi connectivity index (χ1n) is 12.7. The molecule has 0 aromatic carbocycles. The second-order valence-corrected chi connectivity index (χ2v) is 10.4. The summed E-state index contributed by atoms with van der Waals surface area (Å²) in [4.78, 5) is 34.7. The number of aromatic nitrogens is 7. The van der Waals surface area contributed by atoms with E-state index >= 15 is 0 Å². The van der Waals surface area contributed by atoms with Gasteiger partial charge in [-0.05, 0) is 59.5 Å². The minimum Gasteiger partial charge on any atom is -0.324 e. The van der Waals surface area contributed by atoms with Gasteiger partial charge in [0.15, 0.2) is 17.2 Å². The van der Waals surface area contributed by atoms with E-state index in [4.69, 9.17) is 9.97 Å². The van der Waals surface area contributed by atoms with Crippen LogP contribution in [-0.4, -0.2) is 41.0 Å². The fourth-order valence-corrected chi connectivity index (χ4v) is 5.81. The van der Waals surface area contributed by atoms with Crippen molar-refractivity contribution in [3.8, 4) is 33.9 Å². The molecule has 1 aliphatic carbocycles. The molecule has 0 unspecified atom stereocenters. The lowest BCUT2D eigenvalue weighted by atomic mass is 9.88. The maximum atomic E-state index is 12.7. The number of amides is 1. The second kappa shape index (κ2) is 9.46. The molecule has 1 amide bonds. The molecule has 0 bridgehead atoms. The van der Waals surface area contributed by atoms with Crippen LogP contribution >= 0.6 is 11.3 Å². The van der Waals surface area contributed by atoms with Crippen LogP contribution < -0.4 is 5.32 Å². The third-order valence-corrected chi connectivity index (χ3v) is 7.81. The third kappa shape index (κ3) is 4.12. The molecule has 0 aliphatic heterocycles. The van der Waals surface area contributed by atoms with Gasteiger partial charge in [-0.2, -0.15) is 16.4 Å². The van der Waals surface area contributed by atoms with Crippen molar-refractivity contribution in [2.24, 2.45) is 5.92 Å². The van der Waals surface area contributed by atoms with Crippen molar-refractivity contribution in [1.82, 2.24) is 35.1 Å². The number of rotatable bonds is 5. The molecule has 3 N–H and O–H groups in total. The fourth-order valence-electron chi connectivity index (χ4n) is 5.16. The van der Waals surface area contributed by atoms with E-state index in [0.717, 1.165) is 59.1 Å². The molecule has 6 aromatic heterocycles. The van der Waals surface area contributed by atoms with Crippen LogP contribution in [0.5, 0.6) is 0 Å². The van der Waals surface area contributed by atoms with E-state index in [1.807, 2.05) is 29.6 Å². The Kier molecular flexibility index (Phi) is 5.66. The van der Waals surface area contributed by atoms with Gasteiger partial charge in [-0.25, -0.2) is 15.0 Å². The van der Waals surface area contributed by atoms with Crippen LogP contribution in [0.4, 0.5) is 5.69 Å². The number of hydrogen-bond acceptors (Lipinski definition) is 7. The van der Waals surface area contributed by atoms with E-state index < -0.39 is 0 Å². The first kappa shape index (κ1) is 22.7. The molecule has 6 aromatic rings. The van der Waals surface area contributed by atoms with Gasteiger partial charge in [0, 0.05) is 29.4 Å². The number of thiophene rings is 1. The van der Waals surface area contributed by atoms with Crippen molar-refractivity contribution in [2.75, 3.05) is 5.32 Å². The van der Waals surface area contributed by atoms with Gasteiger partial charge in [0.25, 0.3) is 0 Å². The molecule has 0 spiro atoms. The molecule has 1 aliphatic rings. The Morgan fingerprint density at radius 3 is 2.79 bits per heavy atom. The Balaban J connectivity index is 1.23. The minimum atomic E-state index is 0.0736. The van der Waals surface area contributed by atoms with Gasteiger partial charge in [0.1, 0.15) is 11.0 Å². The van der Waals surface area contributed by atoms with Crippen LogP contribution in [0.15, 0.2) is 59.7 Å². The molecule has 0 saturated heterocycles. The van der Waals surface area contributed by atoms with Crippen molar-refractivity contribution < 1.29 is 4.79 Å². The number of pyridine rings is 3. The quantitative estimate of drug-likeness (QED) is 0.248. The van der Waals surface area contributed by atoms with Crippen molar-refractivity contribution in [3.05, 3.63) is 59.7 Å². The Labute approximate surface area is 221 Å². The van der Waals surface area contributed by atoms with E-state index in [9.17, 15) is 4.79 Å². The predicted octanol–water partition coefficient (Wildman–Crippen LogP) is 6.21. The number of hydrogen-bond donors (Lipinski definition) is 3. The molecule has 7 rings (SSSR count). The average Bonchev–Trinajstić information content (AvgIpc) is 3.73. The Bertz CT molecular complexity index is 1760. The van der Waals surface area contributed by atoms with Gasteiger partial charge in [0.05, 0.1) is 23.1 Å². The van der Waals surface area contributed by atoms with Crippen LogP contribution in [0.1, 0.15) is 32.1 Å². The Hall–Kier alpha value is -4.44. The Morgan fingerprint density at radius 1 is 1.00 bits per heavy atom. The van der Waals surface area contributed by atoms with Gasteiger partial charge in [-0.3, -0.25) is 14.9 Å². The summed E-state index contributed by atoms with van der Waals surface area (Å²) in [5.74, 6) is 0.746. The third-order valence-electron chi connectivity index (χ3n) is 7.13. The smallest absolute Gasteiger partial charge is 0.227 e. The van der Waals surface area contributed by atoms with Crippen LogP contribution in [0.3, 0.4) is 0 Å². The standard InChI is InChI=1S/C28H24N8OS/c37-28(16-4-2-1-3-5-16)31-19-12-18(13-29-14-19)21-6-7-22-24(32-21)25(36-35-22)27-33-23-20(17-9-11-38-15-17)8-10-30-26(23)34-27/h6-16H,1-5H2,(H,31,37)(H,35,36)(H,30,33,34). The number of nitrogens with zero attached hydrogens (tertiary/aromatic N) is 5. The first-order chi connectivity index (χ1) is 18.7. The second-order valence-electron chi connectivity index (χ2n) is 9.60. The summed E-state index contributed by atoms with van der Waals surface area (Å²) in [6.45, 7) is 0. The number of nitrogens with one attached hydrogen (secondary N) is 3. The fraction of sp³-hybridized carbons (Fsp3) is 0.214. The highest BCUT2D eigenvalue weighted by Crippen LogP contribution is 2.32. The Morgan fingerprint density at radius 2 is 1.92 bits per heavy atom. The maximum Gasteiger partial charge on any atom is 0.227 e. The number of carbonyl (C=O) groups excluding carboxylic acids is 1. The summed E-state index contributed by atoms with van der Waals surface area (Å²) >= 11 is 1.65. The number of aromatic amines is 2. The largest absolute Gasteiger partial charge is 0.324 e. The zero-order valence-electron chi connectivity index (χ0n) is 20.4. The molecule has 0 atom stereocenters. The summed E-state index contributed by atoms with van der Waals surface area (Å²) in [5.41, 5.74) is 7.94. The highest BCUT2D eigenvalue weighted by Gasteiger charge is 2.22. The lowest BCUT2D eigenvalue weighted by Gasteiger charge is -2.20. The number of fused-ring (bicyclic) bond motifs is 2. The molecule has 9 nitrogen and oxygen atoms in total. The number of H-pyrrole nitrogens is 2. The summed E-state index contributed by atoms with van der Waals surface area (Å²) in [6, 6.07) is 9.83. The van der Waals surface area contributed by atoms with Gasteiger partial charge >= 0.3 is 0 Å². The highest BCUT2D eigenvalue weighted by atomic mass is 32.1. The number of imidazole rings is 1. The van der Waals surface area contributed by atoms with E-state index in [1.165, 1.54) is 6.42 Å². The molecule has 1 fully saturated rings. The maximum absolute atomic E-state index is 12.7. The van der Waals surface area contributed by atoms with E-state index in [0.29, 0.717) is 28.4 Å². The van der Waals surface area contributed by atoms with Crippen molar-refractivity contribution in [1.29, 1.82) is 0 Å². The van der Waals surface area contributed by atoms with E-state index in [-0.39, 0.29) is 11.8 Å². The topological polar surface area (TPSA) is 125 Å². The van der Waals surface area contributed by atoms with E-state index in [1.54, 1.807) is 29.9 Å². The summed E-state index contributed by atoms with van der Waals surface area (Å²) in [5, 5.41) is 14.8. The van der Waals surface area contributed by atoms with E-state index in [2.05, 4.69) is 41.9 Å². The van der Waals surface area contributed by atoms with Crippen LogP contribution in [-0.2, 0) is 4.79 Å². The van der Waals surface area contributed by atoms with Crippen LogP contribution in [0, 0.1) is 5.92 Å².